The first kappa shape index (κ1) is 29.0. The van der Waals surface area contributed by atoms with E-state index in [0.717, 1.165) is 5.56 Å². The zero-order valence-corrected chi connectivity index (χ0v) is 23.1. The Bertz CT molecular complexity index is 1510. The van der Waals surface area contributed by atoms with Crippen LogP contribution in [0.3, 0.4) is 0 Å². The van der Waals surface area contributed by atoms with Gasteiger partial charge in [-0.25, -0.2) is 13.2 Å². The van der Waals surface area contributed by atoms with Crippen LogP contribution in [0.25, 0.3) is 11.1 Å². The molecule has 11 nitrogen and oxygen atoms in total. The van der Waals surface area contributed by atoms with Crippen LogP contribution in [-0.2, 0) is 27.8 Å². The highest BCUT2D eigenvalue weighted by molar-refractivity contribution is 7.89. The number of amides is 1. The number of oxazole rings is 1. The Morgan fingerprint density at radius 3 is 2.55 bits per heavy atom. The van der Waals surface area contributed by atoms with Gasteiger partial charge in [-0.1, -0.05) is 50.2 Å². The molecule has 4 rings (SSSR count). The van der Waals surface area contributed by atoms with Gasteiger partial charge in [0.15, 0.2) is 5.58 Å². The molecule has 4 N–H and O–H groups in total. The van der Waals surface area contributed by atoms with Gasteiger partial charge in [0.25, 0.3) is 6.01 Å². The van der Waals surface area contributed by atoms with E-state index in [4.69, 9.17) is 14.9 Å². The first-order chi connectivity index (χ1) is 19.1. The molecule has 2 unspecified atom stereocenters. The van der Waals surface area contributed by atoms with Gasteiger partial charge in [-0.15, -0.1) is 0 Å². The number of anilines is 1. The maximum Gasteiger partial charge on any atom is 0.407 e. The quantitative estimate of drug-likeness (QED) is 0.233. The van der Waals surface area contributed by atoms with Crippen LogP contribution >= 0.6 is 0 Å². The number of aliphatic hydroxyl groups is 1. The number of fused-ring (bicyclic) bond motifs is 1. The van der Waals surface area contributed by atoms with Crippen LogP contribution in [0, 0.1) is 5.92 Å². The van der Waals surface area contributed by atoms with E-state index in [1.54, 1.807) is 24.5 Å². The van der Waals surface area contributed by atoms with Crippen molar-refractivity contribution in [1.82, 2.24) is 19.6 Å². The summed E-state index contributed by atoms with van der Waals surface area (Å²) < 4.78 is 39.3. The average Bonchev–Trinajstić information content (AvgIpc) is 3.31. The number of alkyl carbamates (subject to hydrolysis) is 1. The Kier molecular flexibility index (Phi) is 9.35. The van der Waals surface area contributed by atoms with Gasteiger partial charge in [0.05, 0.1) is 17.0 Å². The summed E-state index contributed by atoms with van der Waals surface area (Å²) in [5.41, 5.74) is 7.85. The van der Waals surface area contributed by atoms with Crippen LogP contribution in [0.5, 0.6) is 0 Å². The molecule has 0 fully saturated rings. The summed E-state index contributed by atoms with van der Waals surface area (Å²) >= 11 is 0. The zero-order chi connectivity index (χ0) is 28.7. The number of nitrogen functional groups attached to an aromatic ring is 1. The first-order valence-electron chi connectivity index (χ1n) is 12.8. The fraction of sp³-hybridized carbons (Fsp3) is 0.321. The van der Waals surface area contributed by atoms with E-state index in [0.29, 0.717) is 11.1 Å². The molecule has 0 aliphatic heterocycles. The Balaban J connectivity index is 1.55. The van der Waals surface area contributed by atoms with Crippen molar-refractivity contribution in [2.45, 2.75) is 43.9 Å². The van der Waals surface area contributed by atoms with Crippen LogP contribution in [0.2, 0.25) is 0 Å². The van der Waals surface area contributed by atoms with E-state index in [2.05, 4.69) is 15.3 Å². The number of rotatable bonds is 12. The van der Waals surface area contributed by atoms with E-state index < -0.39 is 28.3 Å². The zero-order valence-electron chi connectivity index (χ0n) is 22.3. The molecule has 0 aliphatic rings. The molecular formula is C28H33N5O6S. The molecule has 0 aliphatic carbocycles. The lowest BCUT2D eigenvalue weighted by Crippen LogP contribution is -2.51. The summed E-state index contributed by atoms with van der Waals surface area (Å²) in [5.74, 6) is -0.0448. The van der Waals surface area contributed by atoms with Gasteiger partial charge in [-0.05, 0) is 36.1 Å². The highest BCUT2D eigenvalue weighted by atomic mass is 32.2. The van der Waals surface area contributed by atoms with E-state index >= 15 is 0 Å². The Morgan fingerprint density at radius 2 is 1.85 bits per heavy atom. The number of nitrogens with two attached hydrogens (primary N) is 1. The predicted octanol–water partition coefficient (Wildman–Crippen LogP) is 3.35. The molecule has 212 valence electrons. The largest absolute Gasteiger partial charge is 0.445 e. The van der Waals surface area contributed by atoms with Gasteiger partial charge in [-0.3, -0.25) is 4.98 Å². The summed E-state index contributed by atoms with van der Waals surface area (Å²) in [6.45, 7) is 3.63. The fourth-order valence-corrected chi connectivity index (χ4v) is 5.86. The second-order valence-corrected chi connectivity index (χ2v) is 11.8. The van der Waals surface area contributed by atoms with Crippen molar-refractivity contribution >= 4 is 33.2 Å². The number of aliphatic hydroxyl groups excluding tert-OH is 1. The number of hydrogen-bond acceptors (Lipinski definition) is 9. The minimum atomic E-state index is -4.06. The third-order valence-corrected chi connectivity index (χ3v) is 7.96. The maximum atomic E-state index is 13.7. The van der Waals surface area contributed by atoms with Crippen LogP contribution in [0.15, 0.2) is 82.4 Å². The number of sulfonamides is 1. The fourth-order valence-electron chi connectivity index (χ4n) is 4.22. The van der Waals surface area contributed by atoms with Crippen molar-refractivity contribution in [3.8, 4) is 0 Å². The predicted molar refractivity (Wildman–Crippen MR) is 150 cm³/mol. The molecular weight excluding hydrogens is 534 g/mol. The molecule has 2 heterocycles. The molecule has 0 bridgehead atoms. The average molecular weight is 568 g/mol. The highest BCUT2D eigenvalue weighted by Crippen LogP contribution is 2.24. The van der Waals surface area contributed by atoms with E-state index in [1.807, 2.05) is 44.2 Å². The number of nitrogens with zero attached hydrogens (tertiary/aromatic N) is 3. The Morgan fingerprint density at radius 1 is 1.10 bits per heavy atom. The SMILES string of the molecule is CC(C)CN(CC(O)C(Cc1ccccc1)NC(=O)OCc1cccnc1)S(=O)(=O)c1ccc2nc(N)oc2c1. The van der Waals surface area contributed by atoms with Gasteiger partial charge in [-0.2, -0.15) is 9.29 Å². The van der Waals surface area contributed by atoms with Crippen LogP contribution in [0.4, 0.5) is 10.8 Å². The van der Waals surface area contributed by atoms with Gasteiger partial charge in [0.2, 0.25) is 10.0 Å². The maximum absolute atomic E-state index is 13.7. The first-order valence-corrected chi connectivity index (χ1v) is 14.3. The molecule has 4 aromatic rings. The van der Waals surface area contributed by atoms with Gasteiger partial charge in [0, 0.05) is 37.1 Å². The van der Waals surface area contributed by atoms with E-state index in [-0.39, 0.29) is 48.5 Å². The monoisotopic (exact) mass is 567 g/mol. The summed E-state index contributed by atoms with van der Waals surface area (Å²) in [4.78, 5) is 20.7. The number of nitrogens with one attached hydrogen (secondary N) is 1. The van der Waals surface area contributed by atoms with Crippen molar-refractivity contribution in [3.63, 3.8) is 0 Å². The van der Waals surface area contributed by atoms with E-state index in [9.17, 15) is 18.3 Å². The minimum Gasteiger partial charge on any atom is -0.445 e. The number of carbonyl (C=O) groups is 1. The smallest absolute Gasteiger partial charge is 0.407 e. The molecule has 40 heavy (non-hydrogen) atoms. The van der Waals surface area contributed by atoms with Gasteiger partial charge >= 0.3 is 6.09 Å². The molecule has 0 saturated carbocycles. The third kappa shape index (κ3) is 7.56. The lowest BCUT2D eigenvalue weighted by molar-refractivity contribution is 0.0873. The molecule has 0 spiro atoms. The van der Waals surface area contributed by atoms with Crippen LogP contribution in [0.1, 0.15) is 25.0 Å². The number of ether oxygens (including phenoxy) is 1. The summed E-state index contributed by atoms with van der Waals surface area (Å²) in [6.07, 6.45) is 1.46. The summed E-state index contributed by atoms with van der Waals surface area (Å²) in [6, 6.07) is 16.2. The van der Waals surface area contributed by atoms with Crippen LogP contribution in [-0.4, -0.2) is 59.1 Å². The topological polar surface area (TPSA) is 161 Å². The molecule has 1 amide bonds. The minimum absolute atomic E-state index is 0.00366. The number of pyridine rings is 1. The van der Waals surface area contributed by atoms with Crippen LogP contribution < -0.4 is 11.1 Å². The van der Waals surface area contributed by atoms with E-state index in [1.165, 1.54) is 22.5 Å². The normalized spacial score (nSPS) is 13.4. The second kappa shape index (κ2) is 12.9. The van der Waals surface area contributed by atoms with Crippen molar-refractivity contribution in [2.24, 2.45) is 5.92 Å². The number of hydrogen-bond donors (Lipinski definition) is 3. The van der Waals surface area contributed by atoms with Crippen molar-refractivity contribution in [3.05, 3.63) is 84.2 Å². The second-order valence-electron chi connectivity index (χ2n) is 9.84. The number of benzene rings is 2. The molecule has 2 aromatic heterocycles. The number of aromatic nitrogens is 2. The third-order valence-electron chi connectivity index (χ3n) is 6.13. The standard InChI is InChI=1S/C28H33N5O6S/c1-19(2)16-33(40(36,37)22-10-11-23-26(14-22)39-27(29)31-23)17-25(34)24(13-20-7-4-3-5-8-20)32-28(35)38-18-21-9-6-12-30-15-21/h3-12,14-15,19,24-25,34H,13,16-18H2,1-2H3,(H2,29,31)(H,32,35). The molecule has 2 atom stereocenters. The number of carbonyl (C=O) groups excluding carboxylic acids is 1. The van der Waals surface area contributed by atoms with Crippen molar-refractivity contribution in [1.29, 1.82) is 0 Å². The molecule has 0 radical (unpaired) electrons. The summed E-state index contributed by atoms with van der Waals surface area (Å²) in [7, 11) is -4.06. The van der Waals surface area contributed by atoms with Crippen molar-refractivity contribution in [2.75, 3.05) is 18.8 Å². The van der Waals surface area contributed by atoms with Gasteiger partial charge in [0.1, 0.15) is 12.1 Å². The lowest BCUT2D eigenvalue weighted by Gasteiger charge is -2.30. The molecule has 12 heteroatoms. The molecule has 2 aromatic carbocycles. The Hall–Kier alpha value is -4.00. The summed E-state index contributed by atoms with van der Waals surface area (Å²) in [5, 5.41) is 14.1. The van der Waals surface area contributed by atoms with Crippen molar-refractivity contribution < 1.29 is 27.5 Å². The lowest BCUT2D eigenvalue weighted by atomic mass is 10.0. The Labute approximate surface area is 233 Å². The highest BCUT2D eigenvalue weighted by Gasteiger charge is 2.32. The van der Waals surface area contributed by atoms with Gasteiger partial charge < -0.3 is 25.3 Å². The molecule has 0 saturated heterocycles.